The predicted molar refractivity (Wildman–Crippen MR) is 66.2 cm³/mol. The van der Waals surface area contributed by atoms with Gasteiger partial charge in [-0.1, -0.05) is 57.4 Å². The summed E-state index contributed by atoms with van der Waals surface area (Å²) in [5, 5.41) is 0. The average Bonchev–Trinajstić information content (AvgIpc) is 2.21. The molecule has 0 heterocycles. The van der Waals surface area contributed by atoms with Crippen LogP contribution in [0, 0.1) is 6.92 Å². The van der Waals surface area contributed by atoms with Gasteiger partial charge in [0.2, 0.25) is 0 Å². The van der Waals surface area contributed by atoms with Gasteiger partial charge in [-0.15, -0.1) is 0 Å². The molecular weight excluding hydrogens is 168 g/mol. The van der Waals surface area contributed by atoms with Gasteiger partial charge in [-0.25, -0.2) is 0 Å². The lowest BCUT2D eigenvalue weighted by Crippen LogP contribution is -1.71. The smallest absolute Gasteiger partial charge is 0.0316 e. The van der Waals surface area contributed by atoms with Crippen LogP contribution in [-0.2, 0) is 0 Å². The Hall–Kier alpha value is -0.520. The Labute approximate surface area is 90.1 Å². The molecule has 0 spiro atoms. The Morgan fingerprint density at radius 3 is 1.93 bits per heavy atom. The summed E-state index contributed by atoms with van der Waals surface area (Å²) >= 11 is 0. The lowest BCUT2D eigenvalue weighted by molar-refractivity contribution is 0.758. The first-order valence-corrected chi connectivity index (χ1v) is 6.01. The van der Waals surface area contributed by atoms with Crippen molar-refractivity contribution in [1.29, 1.82) is 0 Å². The second-order valence-corrected chi connectivity index (χ2v) is 3.66. The fraction of sp³-hybridized carbons (Fsp3) is 0.643. The molecule has 0 atom stereocenters. The van der Waals surface area contributed by atoms with E-state index in [4.69, 9.17) is 0 Å². The molecule has 0 aromatic rings. The number of rotatable bonds is 9. The second kappa shape index (κ2) is 12.5. The maximum absolute atomic E-state index is 3.83. The normalized spacial score (nSPS) is 11.9. The van der Waals surface area contributed by atoms with Crippen molar-refractivity contribution in [2.24, 2.45) is 0 Å². The Balaban J connectivity index is 3.10. The van der Waals surface area contributed by atoms with Gasteiger partial charge in [0.1, 0.15) is 0 Å². The van der Waals surface area contributed by atoms with E-state index in [9.17, 15) is 0 Å². The first-order valence-electron chi connectivity index (χ1n) is 6.01. The minimum Gasteiger partial charge on any atom is -0.0885 e. The van der Waals surface area contributed by atoms with Gasteiger partial charge < -0.3 is 0 Å². The van der Waals surface area contributed by atoms with Gasteiger partial charge in [0, 0.05) is 0 Å². The van der Waals surface area contributed by atoms with Crippen molar-refractivity contribution < 1.29 is 0 Å². The lowest BCUT2D eigenvalue weighted by Gasteiger charge is -1.91. The van der Waals surface area contributed by atoms with E-state index >= 15 is 0 Å². The number of hydrogen-bond donors (Lipinski definition) is 0. The molecule has 0 saturated heterocycles. The van der Waals surface area contributed by atoms with Crippen LogP contribution < -0.4 is 0 Å². The summed E-state index contributed by atoms with van der Waals surface area (Å²) in [6.07, 6.45) is 19.0. The molecule has 0 aliphatic rings. The van der Waals surface area contributed by atoms with E-state index in [1.807, 2.05) is 0 Å². The van der Waals surface area contributed by atoms with Crippen molar-refractivity contribution in [2.45, 2.75) is 58.3 Å². The highest BCUT2D eigenvalue weighted by Crippen LogP contribution is 2.01. The first kappa shape index (κ1) is 13.5. The zero-order valence-corrected chi connectivity index (χ0v) is 9.67. The molecular formula is C14H25. The van der Waals surface area contributed by atoms with Gasteiger partial charge >= 0.3 is 0 Å². The van der Waals surface area contributed by atoms with Crippen molar-refractivity contribution in [3.63, 3.8) is 0 Å². The fourth-order valence-corrected chi connectivity index (χ4v) is 1.27. The van der Waals surface area contributed by atoms with Crippen LogP contribution in [0.1, 0.15) is 58.3 Å². The monoisotopic (exact) mass is 193 g/mol. The maximum atomic E-state index is 3.83. The van der Waals surface area contributed by atoms with E-state index in [0.29, 0.717) is 0 Å². The molecule has 0 aromatic carbocycles. The molecule has 0 aliphatic heterocycles. The summed E-state index contributed by atoms with van der Waals surface area (Å²) < 4.78 is 0. The van der Waals surface area contributed by atoms with Crippen LogP contribution in [0.4, 0.5) is 0 Å². The molecule has 81 valence electrons. The van der Waals surface area contributed by atoms with Crippen LogP contribution in [0.5, 0.6) is 0 Å². The molecule has 0 fully saturated rings. The van der Waals surface area contributed by atoms with Crippen LogP contribution in [0.2, 0.25) is 0 Å². The first-order chi connectivity index (χ1) is 6.91. The minimum absolute atomic E-state index is 1.08. The Bertz CT molecular complexity index is 142. The molecule has 0 amide bonds. The predicted octanol–water partition coefficient (Wildman–Crippen LogP) is 5.07. The standard InChI is InChI=1S/C14H25/c1-3-5-7-9-11-13-14-12-10-8-6-4-2/h8,10-11,13H,1,3-7,9,12,14H2,2H3. The molecule has 0 aliphatic carbocycles. The van der Waals surface area contributed by atoms with E-state index in [1.54, 1.807) is 0 Å². The van der Waals surface area contributed by atoms with Gasteiger partial charge in [-0.05, 0) is 32.1 Å². The van der Waals surface area contributed by atoms with Crippen LogP contribution in [0.3, 0.4) is 0 Å². The third-order valence-electron chi connectivity index (χ3n) is 2.16. The molecule has 0 bridgehead atoms. The van der Waals surface area contributed by atoms with Crippen molar-refractivity contribution in [3.05, 3.63) is 31.2 Å². The molecule has 0 saturated carbocycles. The summed E-state index contributed by atoms with van der Waals surface area (Å²) in [4.78, 5) is 0. The van der Waals surface area contributed by atoms with E-state index in [-0.39, 0.29) is 0 Å². The molecule has 0 aromatic heterocycles. The van der Waals surface area contributed by atoms with E-state index < -0.39 is 0 Å². The third-order valence-corrected chi connectivity index (χ3v) is 2.16. The van der Waals surface area contributed by atoms with Crippen molar-refractivity contribution >= 4 is 0 Å². The van der Waals surface area contributed by atoms with Crippen LogP contribution >= 0.6 is 0 Å². The fourth-order valence-electron chi connectivity index (χ4n) is 1.27. The summed E-state index contributed by atoms with van der Waals surface area (Å²) in [5.41, 5.74) is 0. The van der Waals surface area contributed by atoms with Crippen molar-refractivity contribution in [1.82, 2.24) is 0 Å². The highest BCUT2D eigenvalue weighted by Gasteiger charge is 1.81. The van der Waals surface area contributed by atoms with Gasteiger partial charge in [-0.2, -0.15) is 0 Å². The summed E-state index contributed by atoms with van der Waals surface area (Å²) in [6, 6.07) is 0. The SMILES string of the molecule is [CH2]CCCCC=CCCC=CCCC. The number of unbranched alkanes of at least 4 members (excludes halogenated alkanes) is 5. The number of allylic oxidation sites excluding steroid dienone is 4. The van der Waals surface area contributed by atoms with Crippen LogP contribution in [0.15, 0.2) is 24.3 Å². The van der Waals surface area contributed by atoms with Crippen molar-refractivity contribution in [2.75, 3.05) is 0 Å². The van der Waals surface area contributed by atoms with E-state index in [0.717, 1.165) is 6.42 Å². The topological polar surface area (TPSA) is 0 Å². The Kier molecular flexibility index (Phi) is 12.0. The Morgan fingerprint density at radius 1 is 0.786 bits per heavy atom. The van der Waals surface area contributed by atoms with Gasteiger partial charge in [0.05, 0.1) is 0 Å². The highest BCUT2D eigenvalue weighted by molar-refractivity contribution is 4.87. The zero-order valence-electron chi connectivity index (χ0n) is 9.67. The number of hydrogen-bond acceptors (Lipinski definition) is 0. The van der Waals surface area contributed by atoms with Gasteiger partial charge in [0.25, 0.3) is 0 Å². The molecule has 14 heavy (non-hydrogen) atoms. The minimum atomic E-state index is 1.08. The molecule has 0 nitrogen and oxygen atoms in total. The molecule has 0 unspecified atom stereocenters. The quantitative estimate of drug-likeness (QED) is 0.354. The van der Waals surface area contributed by atoms with E-state index in [2.05, 4.69) is 38.2 Å². The highest BCUT2D eigenvalue weighted by atomic mass is 13.9. The van der Waals surface area contributed by atoms with Crippen LogP contribution in [-0.4, -0.2) is 0 Å². The third kappa shape index (κ3) is 11.5. The van der Waals surface area contributed by atoms with Crippen LogP contribution in [0.25, 0.3) is 0 Å². The molecule has 0 N–H and O–H groups in total. The van der Waals surface area contributed by atoms with Crippen molar-refractivity contribution in [3.8, 4) is 0 Å². The maximum Gasteiger partial charge on any atom is -0.0316 e. The summed E-state index contributed by atoms with van der Waals surface area (Å²) in [7, 11) is 0. The lowest BCUT2D eigenvalue weighted by atomic mass is 10.2. The molecule has 0 heteroatoms. The largest absolute Gasteiger partial charge is 0.0885 e. The van der Waals surface area contributed by atoms with Gasteiger partial charge in [0.15, 0.2) is 0 Å². The Morgan fingerprint density at radius 2 is 1.36 bits per heavy atom. The molecule has 0 rings (SSSR count). The summed E-state index contributed by atoms with van der Waals surface area (Å²) in [6.45, 7) is 6.04. The molecule has 1 radical (unpaired) electrons. The average molecular weight is 193 g/mol. The second-order valence-electron chi connectivity index (χ2n) is 3.66. The zero-order chi connectivity index (χ0) is 10.5. The van der Waals surface area contributed by atoms with E-state index in [1.165, 1.54) is 44.9 Å². The summed E-state index contributed by atoms with van der Waals surface area (Å²) in [5.74, 6) is 0. The van der Waals surface area contributed by atoms with Gasteiger partial charge in [-0.3, -0.25) is 0 Å².